The average molecular weight is 314 g/mol. The highest BCUT2D eigenvalue weighted by molar-refractivity contribution is 8.01. The van der Waals surface area contributed by atoms with Gasteiger partial charge in [0.1, 0.15) is 5.37 Å². The van der Waals surface area contributed by atoms with Crippen molar-refractivity contribution in [3.8, 4) is 0 Å². The maximum atomic E-state index is 12.0. The molecule has 1 aliphatic rings. The molecule has 0 aromatic heterocycles. The quantitative estimate of drug-likeness (QED) is 0.910. The van der Waals surface area contributed by atoms with Gasteiger partial charge in [-0.3, -0.25) is 0 Å². The van der Waals surface area contributed by atoms with Gasteiger partial charge in [-0.2, -0.15) is 11.8 Å². The van der Waals surface area contributed by atoms with E-state index in [9.17, 15) is 8.42 Å². The zero-order chi connectivity index (χ0) is 14.8. The van der Waals surface area contributed by atoms with Crippen LogP contribution in [0.2, 0.25) is 0 Å². The van der Waals surface area contributed by atoms with Gasteiger partial charge in [-0.05, 0) is 43.1 Å². The molecule has 112 valence electrons. The van der Waals surface area contributed by atoms with E-state index in [1.54, 1.807) is 11.8 Å². The van der Waals surface area contributed by atoms with Crippen LogP contribution in [0, 0.1) is 6.92 Å². The second-order valence-electron chi connectivity index (χ2n) is 5.20. The summed E-state index contributed by atoms with van der Waals surface area (Å²) >= 11 is 1.71. The molecule has 0 bridgehead atoms. The van der Waals surface area contributed by atoms with Gasteiger partial charge in [-0.1, -0.05) is 6.07 Å². The molecule has 1 saturated heterocycles. The van der Waals surface area contributed by atoms with E-state index in [2.05, 4.69) is 19.1 Å². The van der Waals surface area contributed by atoms with Crippen LogP contribution in [0.4, 0.5) is 5.69 Å². The summed E-state index contributed by atoms with van der Waals surface area (Å²) in [4.78, 5) is 2.02. The summed E-state index contributed by atoms with van der Waals surface area (Å²) in [5.74, 6) is 1.61. The molecule has 1 aromatic rings. The molecule has 2 N–H and O–H groups in total. The number of anilines is 1. The molecule has 1 unspecified atom stereocenters. The second kappa shape index (κ2) is 6.37. The normalized spacial score (nSPS) is 20.1. The highest BCUT2D eigenvalue weighted by Crippen LogP contribution is 2.28. The minimum atomic E-state index is -3.07. The Morgan fingerprint density at radius 2 is 2.20 bits per heavy atom. The van der Waals surface area contributed by atoms with Crippen LogP contribution in [-0.4, -0.2) is 44.6 Å². The maximum Gasteiger partial charge on any atom is 0.169 e. The number of thioether (sulfide) groups is 1. The Labute approximate surface area is 125 Å². The molecule has 1 heterocycles. The molecule has 0 saturated carbocycles. The van der Waals surface area contributed by atoms with Gasteiger partial charge in [0, 0.05) is 30.0 Å². The molecule has 2 rings (SSSR count). The fraction of sp³-hybridized carbons (Fsp3) is 0.571. The van der Waals surface area contributed by atoms with Gasteiger partial charge in [-0.25, -0.2) is 8.42 Å². The molecule has 4 nitrogen and oxygen atoms in total. The zero-order valence-electron chi connectivity index (χ0n) is 12.0. The molecule has 1 fully saturated rings. The van der Waals surface area contributed by atoms with E-state index in [1.165, 1.54) is 17.4 Å². The van der Waals surface area contributed by atoms with Crippen LogP contribution in [0.15, 0.2) is 18.2 Å². The third-order valence-electron chi connectivity index (χ3n) is 3.65. The molecule has 1 aromatic carbocycles. The molecule has 6 heteroatoms. The first kappa shape index (κ1) is 15.7. The number of aryl methyl sites for hydroxylation is 1. The number of benzene rings is 1. The molecule has 0 aliphatic carbocycles. The van der Waals surface area contributed by atoms with Gasteiger partial charge in [-0.15, -0.1) is 0 Å². The predicted molar refractivity (Wildman–Crippen MR) is 87.2 cm³/mol. The number of sulfone groups is 1. The van der Waals surface area contributed by atoms with Crippen LogP contribution in [0.25, 0.3) is 0 Å². The lowest BCUT2D eigenvalue weighted by atomic mass is 10.0. The van der Waals surface area contributed by atoms with Gasteiger partial charge < -0.3 is 10.6 Å². The van der Waals surface area contributed by atoms with Crippen molar-refractivity contribution in [2.24, 2.45) is 5.73 Å². The van der Waals surface area contributed by atoms with Crippen molar-refractivity contribution in [1.82, 2.24) is 0 Å². The van der Waals surface area contributed by atoms with Crippen LogP contribution < -0.4 is 10.6 Å². The molecule has 0 amide bonds. The van der Waals surface area contributed by atoms with E-state index in [-0.39, 0.29) is 0 Å². The summed E-state index contributed by atoms with van der Waals surface area (Å²) in [6.45, 7) is 3.47. The fourth-order valence-electron chi connectivity index (χ4n) is 2.53. The van der Waals surface area contributed by atoms with Crippen molar-refractivity contribution < 1.29 is 8.42 Å². The van der Waals surface area contributed by atoms with Crippen molar-refractivity contribution in [3.63, 3.8) is 0 Å². The van der Waals surface area contributed by atoms with Gasteiger partial charge >= 0.3 is 0 Å². The number of rotatable bonds is 4. The maximum absolute atomic E-state index is 12.0. The molecular formula is C14H22N2O2S2. The van der Waals surface area contributed by atoms with E-state index >= 15 is 0 Å². The van der Waals surface area contributed by atoms with Gasteiger partial charge in [0.25, 0.3) is 0 Å². The average Bonchev–Trinajstić information content (AvgIpc) is 2.40. The van der Waals surface area contributed by atoms with Gasteiger partial charge in [0.15, 0.2) is 9.84 Å². The van der Waals surface area contributed by atoms with Crippen molar-refractivity contribution in [3.05, 3.63) is 29.3 Å². The standard InChI is InChI=1S/C14H22N2O2S2/c1-11-9-13(4-3-12(11)5-6-15)16-7-8-19-10-14(16)20(2,17)18/h3-4,9,14H,5-8,10,15H2,1-2H3. The number of nitrogens with two attached hydrogens (primary N) is 1. The lowest BCUT2D eigenvalue weighted by molar-refractivity contribution is 0.584. The van der Waals surface area contributed by atoms with Gasteiger partial charge in [0.05, 0.1) is 0 Å². The second-order valence-corrected chi connectivity index (χ2v) is 8.55. The smallest absolute Gasteiger partial charge is 0.169 e. The van der Waals surface area contributed by atoms with Crippen molar-refractivity contribution in [2.75, 3.05) is 35.8 Å². The number of hydrogen-bond acceptors (Lipinski definition) is 5. The van der Waals surface area contributed by atoms with E-state index in [1.807, 2.05) is 11.0 Å². The van der Waals surface area contributed by atoms with E-state index in [0.717, 1.165) is 24.4 Å². The lowest BCUT2D eigenvalue weighted by Gasteiger charge is -2.36. The lowest BCUT2D eigenvalue weighted by Crippen LogP contribution is -2.47. The SMILES string of the molecule is Cc1cc(N2CCSCC2S(C)(=O)=O)ccc1CCN. The first-order valence-electron chi connectivity index (χ1n) is 6.76. The molecule has 1 aliphatic heterocycles. The summed E-state index contributed by atoms with van der Waals surface area (Å²) in [5.41, 5.74) is 9.01. The van der Waals surface area contributed by atoms with E-state index < -0.39 is 15.2 Å². The minimum absolute atomic E-state index is 0.416. The van der Waals surface area contributed by atoms with Crippen molar-refractivity contribution in [2.45, 2.75) is 18.7 Å². The predicted octanol–water partition coefficient (Wildman–Crippen LogP) is 1.42. The van der Waals surface area contributed by atoms with Crippen molar-refractivity contribution >= 4 is 27.3 Å². The Hall–Kier alpha value is -0.720. The van der Waals surface area contributed by atoms with Crippen LogP contribution in [0.3, 0.4) is 0 Å². The monoisotopic (exact) mass is 314 g/mol. The topological polar surface area (TPSA) is 63.4 Å². The summed E-state index contributed by atoms with van der Waals surface area (Å²) < 4.78 is 23.9. The summed E-state index contributed by atoms with van der Waals surface area (Å²) in [5, 5.41) is -0.416. The third-order valence-corrected chi connectivity index (χ3v) is 6.29. The third kappa shape index (κ3) is 3.48. The molecule has 0 radical (unpaired) electrons. The minimum Gasteiger partial charge on any atom is -0.353 e. The molecule has 0 spiro atoms. The number of nitrogens with zero attached hydrogens (tertiary/aromatic N) is 1. The Kier molecular flexibility index (Phi) is 4.99. The van der Waals surface area contributed by atoms with E-state index in [0.29, 0.717) is 12.3 Å². The van der Waals surface area contributed by atoms with Crippen LogP contribution >= 0.6 is 11.8 Å². The Balaban J connectivity index is 2.31. The molecule has 20 heavy (non-hydrogen) atoms. The summed E-state index contributed by atoms with van der Waals surface area (Å²) in [7, 11) is -3.07. The van der Waals surface area contributed by atoms with Crippen LogP contribution in [-0.2, 0) is 16.3 Å². The largest absolute Gasteiger partial charge is 0.353 e. The first-order chi connectivity index (χ1) is 9.43. The highest BCUT2D eigenvalue weighted by atomic mass is 32.2. The van der Waals surface area contributed by atoms with Crippen LogP contribution in [0.1, 0.15) is 11.1 Å². The Morgan fingerprint density at radius 1 is 1.45 bits per heavy atom. The molecule has 1 atom stereocenters. The fourth-order valence-corrected chi connectivity index (χ4v) is 5.37. The first-order valence-corrected chi connectivity index (χ1v) is 9.87. The van der Waals surface area contributed by atoms with E-state index in [4.69, 9.17) is 5.73 Å². The number of hydrogen-bond donors (Lipinski definition) is 1. The van der Waals surface area contributed by atoms with Crippen molar-refractivity contribution in [1.29, 1.82) is 0 Å². The van der Waals surface area contributed by atoms with Crippen LogP contribution in [0.5, 0.6) is 0 Å². The summed E-state index contributed by atoms with van der Waals surface area (Å²) in [6.07, 6.45) is 2.18. The van der Waals surface area contributed by atoms with Gasteiger partial charge in [0.2, 0.25) is 0 Å². The zero-order valence-corrected chi connectivity index (χ0v) is 13.6. The Morgan fingerprint density at radius 3 is 2.80 bits per heavy atom. The molecular weight excluding hydrogens is 292 g/mol. The highest BCUT2D eigenvalue weighted by Gasteiger charge is 2.31. The Bertz CT molecular complexity index is 573. The summed E-state index contributed by atoms with van der Waals surface area (Å²) in [6, 6.07) is 6.17.